The van der Waals surface area contributed by atoms with Crippen LogP contribution in [0.3, 0.4) is 0 Å². The Labute approximate surface area is 141 Å². The lowest BCUT2D eigenvalue weighted by Crippen LogP contribution is -2.28. The van der Waals surface area contributed by atoms with Gasteiger partial charge in [-0.05, 0) is 11.4 Å². The van der Waals surface area contributed by atoms with Gasteiger partial charge in [-0.15, -0.1) is 22.7 Å². The van der Waals surface area contributed by atoms with E-state index in [-0.39, 0.29) is 24.4 Å². The number of hydrogen-bond acceptors (Lipinski definition) is 5. The molecule has 3 heterocycles. The Morgan fingerprint density at radius 3 is 2.78 bits per heavy atom. The highest BCUT2D eigenvalue weighted by Gasteiger charge is 2.19. The van der Waals surface area contributed by atoms with Crippen molar-refractivity contribution in [1.29, 1.82) is 0 Å². The van der Waals surface area contributed by atoms with Crippen LogP contribution >= 0.6 is 22.7 Å². The Morgan fingerprint density at radius 2 is 2.17 bits per heavy atom. The summed E-state index contributed by atoms with van der Waals surface area (Å²) in [6, 6.07) is 3.96. The highest BCUT2D eigenvalue weighted by atomic mass is 32.1. The van der Waals surface area contributed by atoms with Gasteiger partial charge in [0.2, 0.25) is 5.91 Å². The van der Waals surface area contributed by atoms with Gasteiger partial charge in [-0.2, -0.15) is 0 Å². The second-order valence-corrected chi connectivity index (χ2v) is 7.41. The molecule has 0 radical (unpaired) electrons. The highest BCUT2D eigenvalue weighted by Crippen LogP contribution is 2.34. The van der Waals surface area contributed by atoms with Gasteiger partial charge in [0.25, 0.3) is 5.56 Å². The smallest absolute Gasteiger partial charge is 0.262 e. The van der Waals surface area contributed by atoms with Crippen LogP contribution in [0.2, 0.25) is 0 Å². The molecule has 0 saturated carbocycles. The average molecular weight is 347 g/mol. The van der Waals surface area contributed by atoms with Gasteiger partial charge in [-0.25, -0.2) is 4.98 Å². The maximum atomic E-state index is 13.0. The highest BCUT2D eigenvalue weighted by molar-refractivity contribution is 7.18. The zero-order valence-electron chi connectivity index (χ0n) is 12.9. The third kappa shape index (κ3) is 2.94. The van der Waals surface area contributed by atoms with Crippen LogP contribution in [0, 0.1) is 0 Å². The normalized spacial score (nSPS) is 11.4. The van der Waals surface area contributed by atoms with Crippen LogP contribution in [0.25, 0.3) is 20.7 Å². The molecule has 1 amide bonds. The summed E-state index contributed by atoms with van der Waals surface area (Å²) >= 11 is 3.08. The number of primary amides is 1. The Balaban J connectivity index is 2.24. The van der Waals surface area contributed by atoms with Gasteiger partial charge >= 0.3 is 0 Å². The van der Waals surface area contributed by atoms with Crippen LogP contribution < -0.4 is 11.3 Å². The maximum Gasteiger partial charge on any atom is 0.262 e. The molecule has 0 atom stereocenters. The lowest BCUT2D eigenvalue weighted by Gasteiger charge is -2.14. The average Bonchev–Trinajstić information content (AvgIpc) is 3.14. The Bertz CT molecular complexity index is 907. The molecule has 3 aromatic heterocycles. The molecular weight excluding hydrogens is 330 g/mol. The van der Waals surface area contributed by atoms with Crippen LogP contribution in [-0.2, 0) is 11.3 Å². The van der Waals surface area contributed by atoms with E-state index in [1.165, 1.54) is 11.3 Å². The van der Waals surface area contributed by atoms with Crippen molar-refractivity contribution in [2.45, 2.75) is 32.7 Å². The molecule has 3 aromatic rings. The number of rotatable bonds is 5. The summed E-state index contributed by atoms with van der Waals surface area (Å²) in [6.07, 6.45) is 0.130. The summed E-state index contributed by atoms with van der Waals surface area (Å²) in [5.41, 5.74) is 6.07. The number of thiophene rings is 2. The van der Waals surface area contributed by atoms with Crippen LogP contribution in [0.5, 0.6) is 0 Å². The Hall–Kier alpha value is -1.99. The summed E-state index contributed by atoms with van der Waals surface area (Å²) < 4.78 is 1.60. The topological polar surface area (TPSA) is 78.0 Å². The molecule has 7 heteroatoms. The number of hydrogen-bond donors (Lipinski definition) is 1. The van der Waals surface area contributed by atoms with E-state index in [1.807, 2.05) is 36.7 Å². The minimum Gasteiger partial charge on any atom is -0.370 e. The Morgan fingerprint density at radius 1 is 1.39 bits per heavy atom. The number of aromatic nitrogens is 2. The standard InChI is InChI=1S/C16H17N3O2S2/c1-9(2)14-18-15-13(16(21)19(14)6-5-12(17)20)10(8-23-15)11-4-3-7-22-11/h3-4,7-9H,5-6H2,1-2H3,(H2,17,20). The zero-order chi connectivity index (χ0) is 16.6. The largest absolute Gasteiger partial charge is 0.370 e. The zero-order valence-corrected chi connectivity index (χ0v) is 14.5. The van der Waals surface area contributed by atoms with Crippen molar-refractivity contribution in [2.75, 3.05) is 0 Å². The molecule has 2 N–H and O–H groups in total. The fourth-order valence-electron chi connectivity index (χ4n) is 2.53. The van der Waals surface area contributed by atoms with Gasteiger partial charge in [0.1, 0.15) is 10.7 Å². The van der Waals surface area contributed by atoms with Crippen molar-refractivity contribution in [3.05, 3.63) is 39.1 Å². The summed E-state index contributed by atoms with van der Waals surface area (Å²) in [4.78, 5) is 30.6. The van der Waals surface area contributed by atoms with E-state index in [2.05, 4.69) is 4.98 Å². The number of carbonyl (C=O) groups is 1. The lowest BCUT2D eigenvalue weighted by molar-refractivity contribution is -0.118. The fraction of sp³-hybridized carbons (Fsp3) is 0.312. The van der Waals surface area contributed by atoms with Crippen molar-refractivity contribution in [3.63, 3.8) is 0 Å². The molecule has 0 aliphatic carbocycles. The summed E-state index contributed by atoms with van der Waals surface area (Å²) in [7, 11) is 0. The van der Waals surface area contributed by atoms with Crippen molar-refractivity contribution in [3.8, 4) is 10.4 Å². The first kappa shape index (κ1) is 15.9. The molecule has 0 bridgehead atoms. The first-order valence-electron chi connectivity index (χ1n) is 7.33. The second-order valence-electron chi connectivity index (χ2n) is 5.60. The molecule has 0 aromatic carbocycles. The van der Waals surface area contributed by atoms with Crippen LogP contribution in [0.15, 0.2) is 27.7 Å². The quantitative estimate of drug-likeness (QED) is 0.770. The second kappa shape index (κ2) is 6.25. The lowest BCUT2D eigenvalue weighted by atomic mass is 10.1. The number of nitrogens with zero attached hydrogens (tertiary/aromatic N) is 2. The first-order chi connectivity index (χ1) is 11.0. The van der Waals surface area contributed by atoms with E-state index >= 15 is 0 Å². The molecule has 0 saturated heterocycles. The number of carbonyl (C=O) groups excluding carboxylic acids is 1. The predicted octanol–water partition coefficient (Wildman–Crippen LogP) is 3.19. The van der Waals surface area contributed by atoms with Crippen LogP contribution in [0.4, 0.5) is 0 Å². The number of nitrogens with two attached hydrogens (primary N) is 1. The van der Waals surface area contributed by atoms with E-state index < -0.39 is 5.91 Å². The molecule has 3 rings (SSSR count). The summed E-state index contributed by atoms with van der Waals surface area (Å²) in [5.74, 6) is 0.367. The van der Waals surface area contributed by atoms with E-state index in [0.29, 0.717) is 11.2 Å². The van der Waals surface area contributed by atoms with Crippen LogP contribution in [0.1, 0.15) is 32.0 Å². The monoisotopic (exact) mass is 347 g/mol. The summed E-state index contributed by atoms with van der Waals surface area (Å²) in [5, 5.41) is 4.60. The van der Waals surface area contributed by atoms with Gasteiger partial charge in [-0.1, -0.05) is 19.9 Å². The first-order valence-corrected chi connectivity index (χ1v) is 9.09. The molecule has 120 valence electrons. The van der Waals surface area contributed by atoms with Crippen LogP contribution in [-0.4, -0.2) is 15.5 Å². The van der Waals surface area contributed by atoms with Crippen molar-refractivity contribution < 1.29 is 4.79 Å². The SMILES string of the molecule is CC(C)c1nc2scc(-c3cccs3)c2c(=O)n1CCC(N)=O. The molecule has 0 fully saturated rings. The molecule has 23 heavy (non-hydrogen) atoms. The van der Waals surface area contributed by atoms with Gasteiger partial charge in [-0.3, -0.25) is 14.2 Å². The molecule has 0 spiro atoms. The van der Waals surface area contributed by atoms with Gasteiger partial charge in [0.15, 0.2) is 0 Å². The molecule has 5 nitrogen and oxygen atoms in total. The van der Waals surface area contributed by atoms with E-state index in [1.54, 1.807) is 15.9 Å². The van der Waals surface area contributed by atoms with Crippen molar-refractivity contribution >= 4 is 38.8 Å². The summed E-state index contributed by atoms with van der Waals surface area (Å²) in [6.45, 7) is 4.24. The number of amides is 1. The maximum absolute atomic E-state index is 13.0. The van der Waals surface area contributed by atoms with E-state index in [4.69, 9.17) is 5.73 Å². The predicted molar refractivity (Wildman–Crippen MR) is 95.1 cm³/mol. The van der Waals surface area contributed by atoms with Crippen molar-refractivity contribution in [1.82, 2.24) is 9.55 Å². The minimum atomic E-state index is -0.421. The van der Waals surface area contributed by atoms with Gasteiger partial charge in [0, 0.05) is 34.7 Å². The minimum absolute atomic E-state index is 0.0901. The number of fused-ring (bicyclic) bond motifs is 1. The third-order valence-corrected chi connectivity index (χ3v) is 5.38. The Kier molecular flexibility index (Phi) is 4.32. The van der Waals surface area contributed by atoms with Gasteiger partial charge < -0.3 is 5.73 Å². The van der Waals surface area contributed by atoms with E-state index in [0.717, 1.165) is 15.3 Å². The molecule has 0 unspecified atom stereocenters. The van der Waals surface area contributed by atoms with E-state index in [9.17, 15) is 9.59 Å². The molecular formula is C16H17N3O2S2. The fourth-order valence-corrected chi connectivity index (χ4v) is 4.29. The third-order valence-electron chi connectivity index (χ3n) is 3.61. The molecule has 0 aliphatic heterocycles. The molecule has 0 aliphatic rings. The van der Waals surface area contributed by atoms with Crippen molar-refractivity contribution in [2.24, 2.45) is 5.73 Å². The van der Waals surface area contributed by atoms with Gasteiger partial charge in [0.05, 0.1) is 5.39 Å².